The van der Waals surface area contributed by atoms with Gasteiger partial charge in [-0.05, 0) is 49.9 Å². The minimum Gasteiger partial charge on any atom is -0.382 e. The summed E-state index contributed by atoms with van der Waals surface area (Å²) in [5.74, 6) is 0.682. The molecule has 1 aromatic carbocycles. The van der Waals surface area contributed by atoms with E-state index in [1.54, 1.807) is 0 Å². The fraction of sp³-hybridized carbons (Fsp3) is 0.562. The number of hydrogen-bond acceptors (Lipinski definition) is 2. The second kappa shape index (κ2) is 6.09. The van der Waals surface area contributed by atoms with Gasteiger partial charge in [0.05, 0.1) is 0 Å². The Balaban J connectivity index is 1.91. The van der Waals surface area contributed by atoms with E-state index < -0.39 is 0 Å². The van der Waals surface area contributed by atoms with Crippen molar-refractivity contribution in [3.63, 3.8) is 0 Å². The maximum absolute atomic E-state index is 11.9. The second-order valence-electron chi connectivity index (χ2n) is 5.64. The summed E-state index contributed by atoms with van der Waals surface area (Å²) in [6, 6.07) is 8.61. The Kier molecular flexibility index (Phi) is 4.46. The third-order valence-electron chi connectivity index (χ3n) is 3.95. The van der Waals surface area contributed by atoms with Gasteiger partial charge in [0.1, 0.15) is 0 Å². The van der Waals surface area contributed by atoms with Crippen molar-refractivity contribution >= 4 is 11.6 Å². The second-order valence-corrected chi connectivity index (χ2v) is 5.64. The highest BCUT2D eigenvalue weighted by molar-refractivity contribution is 5.94. The van der Waals surface area contributed by atoms with Crippen molar-refractivity contribution in [2.45, 2.75) is 52.1 Å². The summed E-state index contributed by atoms with van der Waals surface area (Å²) >= 11 is 0. The molecule has 0 radical (unpaired) electrons. The maximum atomic E-state index is 11.9. The molecule has 2 rings (SSSR count). The Bertz CT molecular complexity index is 423. The standard InChI is InChI=1S/C16H24N2O/c1-4-11(2)12(3)17-14-7-5-13(6-8-14)16(19)18-15-9-10-15/h5-8,11-12,15,17H,4,9-10H2,1-3H3,(H,18,19). The molecule has 1 aromatic rings. The molecule has 3 heteroatoms. The normalized spacial score (nSPS) is 17.6. The number of hydrogen-bond donors (Lipinski definition) is 2. The highest BCUT2D eigenvalue weighted by Crippen LogP contribution is 2.20. The molecule has 1 aliphatic carbocycles. The average Bonchev–Trinajstić information content (AvgIpc) is 3.22. The van der Waals surface area contributed by atoms with Crippen LogP contribution in [0.1, 0.15) is 50.4 Å². The molecular formula is C16H24N2O. The smallest absolute Gasteiger partial charge is 0.251 e. The van der Waals surface area contributed by atoms with Gasteiger partial charge in [-0.25, -0.2) is 0 Å². The van der Waals surface area contributed by atoms with Crippen molar-refractivity contribution in [3.05, 3.63) is 29.8 Å². The molecular weight excluding hydrogens is 236 g/mol. The Morgan fingerprint density at radius 3 is 2.42 bits per heavy atom. The molecule has 0 aromatic heterocycles. The van der Waals surface area contributed by atoms with Gasteiger partial charge in [0.25, 0.3) is 5.91 Å². The van der Waals surface area contributed by atoms with Crippen LogP contribution in [0.25, 0.3) is 0 Å². The lowest BCUT2D eigenvalue weighted by Crippen LogP contribution is -2.25. The first-order valence-corrected chi connectivity index (χ1v) is 7.27. The van der Waals surface area contributed by atoms with Crippen LogP contribution in [-0.2, 0) is 0 Å². The van der Waals surface area contributed by atoms with E-state index in [1.807, 2.05) is 24.3 Å². The van der Waals surface area contributed by atoms with Crippen LogP contribution in [-0.4, -0.2) is 18.0 Å². The average molecular weight is 260 g/mol. The van der Waals surface area contributed by atoms with Gasteiger partial charge >= 0.3 is 0 Å². The lowest BCUT2D eigenvalue weighted by Gasteiger charge is -2.21. The van der Waals surface area contributed by atoms with E-state index in [2.05, 4.69) is 31.4 Å². The molecule has 2 N–H and O–H groups in total. The summed E-state index contributed by atoms with van der Waals surface area (Å²) in [6.07, 6.45) is 3.41. The fourth-order valence-electron chi connectivity index (χ4n) is 1.97. The first kappa shape index (κ1) is 13.9. The third-order valence-corrected chi connectivity index (χ3v) is 3.95. The summed E-state index contributed by atoms with van der Waals surface area (Å²) in [5, 5.41) is 6.48. The SMILES string of the molecule is CCC(C)C(C)Nc1ccc(C(=O)NC2CC2)cc1. The van der Waals surface area contributed by atoms with Gasteiger partial charge < -0.3 is 10.6 Å². The van der Waals surface area contributed by atoms with Gasteiger partial charge in [0.2, 0.25) is 0 Å². The molecule has 0 bridgehead atoms. The monoisotopic (exact) mass is 260 g/mol. The van der Waals surface area contributed by atoms with Crippen molar-refractivity contribution in [2.75, 3.05) is 5.32 Å². The van der Waals surface area contributed by atoms with Crippen molar-refractivity contribution in [2.24, 2.45) is 5.92 Å². The van der Waals surface area contributed by atoms with Crippen LogP contribution in [0.5, 0.6) is 0 Å². The van der Waals surface area contributed by atoms with Crippen LogP contribution in [0.2, 0.25) is 0 Å². The van der Waals surface area contributed by atoms with Crippen LogP contribution in [0, 0.1) is 5.92 Å². The van der Waals surface area contributed by atoms with Crippen molar-refractivity contribution in [1.82, 2.24) is 5.32 Å². The molecule has 2 unspecified atom stereocenters. The highest BCUT2D eigenvalue weighted by Gasteiger charge is 2.23. The van der Waals surface area contributed by atoms with Crippen LogP contribution < -0.4 is 10.6 Å². The number of carbonyl (C=O) groups is 1. The van der Waals surface area contributed by atoms with Gasteiger partial charge in [-0.2, -0.15) is 0 Å². The lowest BCUT2D eigenvalue weighted by molar-refractivity contribution is 0.0951. The molecule has 1 amide bonds. The zero-order valence-electron chi connectivity index (χ0n) is 12.1. The number of rotatable bonds is 6. The molecule has 1 saturated carbocycles. The van der Waals surface area contributed by atoms with Crippen molar-refractivity contribution in [1.29, 1.82) is 0 Å². The molecule has 1 aliphatic rings. The zero-order chi connectivity index (χ0) is 13.8. The van der Waals surface area contributed by atoms with E-state index in [-0.39, 0.29) is 5.91 Å². The number of carbonyl (C=O) groups excluding carboxylic acids is 1. The quantitative estimate of drug-likeness (QED) is 0.822. The number of anilines is 1. The number of amides is 1. The molecule has 0 aliphatic heterocycles. The predicted molar refractivity (Wildman–Crippen MR) is 79.5 cm³/mol. The Labute approximate surface area is 115 Å². The van der Waals surface area contributed by atoms with E-state index in [4.69, 9.17) is 0 Å². The molecule has 3 nitrogen and oxygen atoms in total. The van der Waals surface area contributed by atoms with E-state index >= 15 is 0 Å². The number of nitrogens with one attached hydrogen (secondary N) is 2. The molecule has 19 heavy (non-hydrogen) atoms. The van der Waals surface area contributed by atoms with Crippen LogP contribution in [0.15, 0.2) is 24.3 Å². The fourth-order valence-corrected chi connectivity index (χ4v) is 1.97. The van der Waals surface area contributed by atoms with E-state index in [9.17, 15) is 4.79 Å². The summed E-state index contributed by atoms with van der Waals surface area (Å²) in [6.45, 7) is 6.64. The van der Waals surface area contributed by atoms with Gasteiger partial charge in [0, 0.05) is 23.3 Å². The maximum Gasteiger partial charge on any atom is 0.251 e. The van der Waals surface area contributed by atoms with E-state index in [0.717, 1.165) is 30.5 Å². The summed E-state index contributed by atoms with van der Waals surface area (Å²) in [4.78, 5) is 11.9. The van der Waals surface area contributed by atoms with Gasteiger partial charge in [-0.3, -0.25) is 4.79 Å². The largest absolute Gasteiger partial charge is 0.382 e. The van der Waals surface area contributed by atoms with E-state index in [0.29, 0.717) is 18.0 Å². The van der Waals surface area contributed by atoms with E-state index in [1.165, 1.54) is 0 Å². The van der Waals surface area contributed by atoms with Crippen molar-refractivity contribution in [3.8, 4) is 0 Å². The Morgan fingerprint density at radius 2 is 1.89 bits per heavy atom. The number of benzene rings is 1. The van der Waals surface area contributed by atoms with Gasteiger partial charge in [0.15, 0.2) is 0 Å². The molecule has 0 spiro atoms. The Hall–Kier alpha value is -1.51. The molecule has 104 valence electrons. The lowest BCUT2D eigenvalue weighted by atomic mass is 10.0. The topological polar surface area (TPSA) is 41.1 Å². The van der Waals surface area contributed by atoms with Crippen molar-refractivity contribution < 1.29 is 4.79 Å². The summed E-state index contributed by atoms with van der Waals surface area (Å²) in [7, 11) is 0. The van der Waals surface area contributed by atoms with Crippen LogP contribution in [0.4, 0.5) is 5.69 Å². The first-order valence-electron chi connectivity index (χ1n) is 7.27. The Morgan fingerprint density at radius 1 is 1.26 bits per heavy atom. The molecule has 0 saturated heterocycles. The summed E-state index contributed by atoms with van der Waals surface area (Å²) in [5.41, 5.74) is 1.82. The highest BCUT2D eigenvalue weighted by atomic mass is 16.1. The molecule has 2 atom stereocenters. The molecule has 1 fully saturated rings. The van der Waals surface area contributed by atoms with Crippen LogP contribution in [0.3, 0.4) is 0 Å². The predicted octanol–water partition coefficient (Wildman–Crippen LogP) is 3.43. The minimum absolute atomic E-state index is 0.0454. The summed E-state index contributed by atoms with van der Waals surface area (Å²) < 4.78 is 0. The minimum atomic E-state index is 0.0454. The molecule has 0 heterocycles. The van der Waals surface area contributed by atoms with Crippen LogP contribution >= 0.6 is 0 Å². The first-order chi connectivity index (χ1) is 9.10. The zero-order valence-corrected chi connectivity index (χ0v) is 12.1. The van der Waals surface area contributed by atoms with Gasteiger partial charge in [-0.15, -0.1) is 0 Å². The third kappa shape index (κ3) is 3.98. The van der Waals surface area contributed by atoms with Gasteiger partial charge in [-0.1, -0.05) is 20.3 Å².